The second-order valence-electron chi connectivity index (χ2n) is 4.83. The van der Waals surface area contributed by atoms with Crippen LogP contribution in [0.2, 0.25) is 5.15 Å². The first-order chi connectivity index (χ1) is 9.36. The van der Waals surface area contributed by atoms with Crippen molar-refractivity contribution in [2.24, 2.45) is 5.73 Å². The van der Waals surface area contributed by atoms with E-state index in [-0.39, 0.29) is 5.15 Å². The number of halogens is 2. The van der Waals surface area contributed by atoms with Gasteiger partial charge in [-0.25, -0.2) is 9.78 Å². The van der Waals surface area contributed by atoms with Gasteiger partial charge in [0, 0.05) is 19.2 Å². The molecule has 6 nitrogen and oxygen atoms in total. The Hall–Kier alpha value is -1.34. The van der Waals surface area contributed by atoms with Gasteiger partial charge in [0.05, 0.1) is 22.3 Å². The van der Waals surface area contributed by atoms with Gasteiger partial charge in [0.1, 0.15) is 10.8 Å². The lowest BCUT2D eigenvalue weighted by Crippen LogP contribution is -2.37. The highest BCUT2D eigenvalue weighted by atomic mass is 79.9. The lowest BCUT2D eigenvalue weighted by Gasteiger charge is -2.26. The van der Waals surface area contributed by atoms with E-state index in [1.165, 1.54) is 6.20 Å². The number of anilines is 1. The molecule has 2 N–H and O–H groups in total. The Bertz CT molecular complexity index is 569. The van der Waals surface area contributed by atoms with E-state index < -0.39 is 11.7 Å². The number of hydrogen-bond donors (Lipinski definition) is 1. The largest absolute Gasteiger partial charge is 0.441 e. The Morgan fingerprint density at radius 1 is 1.70 bits per heavy atom. The van der Waals surface area contributed by atoms with Crippen LogP contribution in [0.3, 0.4) is 0 Å². The topological polar surface area (TPSA) is 85.5 Å². The Balaban J connectivity index is 2.33. The number of hydrogen-bond acceptors (Lipinski definition) is 5. The number of aromatic nitrogens is 1. The minimum absolute atomic E-state index is 0.273. The standard InChI is InChI=1S/C12H13BrClN3O3/c1-12(20-11(15)19)2-3-17(6-12)9-7(5-18)4-16-10(14)8(9)13/h4-5H,2-3,6H2,1H3,(H2,15,19)/t12-/m0/s1. The van der Waals surface area contributed by atoms with Crippen LogP contribution in [0.5, 0.6) is 0 Å². The third-order valence-corrected chi connectivity index (χ3v) is 4.47. The van der Waals surface area contributed by atoms with E-state index in [0.29, 0.717) is 41.5 Å². The zero-order valence-corrected chi connectivity index (χ0v) is 13.1. The summed E-state index contributed by atoms with van der Waals surface area (Å²) in [6.45, 7) is 2.84. The second kappa shape index (κ2) is 5.57. The Labute approximate surface area is 129 Å². The molecule has 0 saturated carbocycles. The van der Waals surface area contributed by atoms with Crippen LogP contribution < -0.4 is 10.6 Å². The van der Waals surface area contributed by atoms with Gasteiger partial charge in [-0.2, -0.15) is 0 Å². The van der Waals surface area contributed by atoms with Crippen LogP contribution in [-0.2, 0) is 4.74 Å². The highest BCUT2D eigenvalue weighted by Gasteiger charge is 2.38. The quantitative estimate of drug-likeness (QED) is 0.659. The molecule has 1 fully saturated rings. The van der Waals surface area contributed by atoms with Gasteiger partial charge < -0.3 is 15.4 Å². The summed E-state index contributed by atoms with van der Waals surface area (Å²) in [4.78, 5) is 27.9. The number of carbonyl (C=O) groups excluding carboxylic acids is 2. The molecule has 0 unspecified atom stereocenters. The summed E-state index contributed by atoms with van der Waals surface area (Å²) in [5.41, 5.74) is 5.47. The zero-order chi connectivity index (χ0) is 14.9. The minimum atomic E-state index is -0.809. The Morgan fingerprint density at radius 3 is 3.00 bits per heavy atom. The number of pyridine rings is 1. The summed E-state index contributed by atoms with van der Waals surface area (Å²) in [6, 6.07) is 0. The molecule has 1 atom stereocenters. The highest BCUT2D eigenvalue weighted by molar-refractivity contribution is 9.10. The maximum atomic E-state index is 11.2. The summed E-state index contributed by atoms with van der Waals surface area (Å²) in [6.07, 6.45) is 1.94. The first kappa shape index (κ1) is 15.1. The lowest BCUT2D eigenvalue weighted by molar-refractivity contribution is 0.0480. The molecule has 1 aromatic rings. The van der Waals surface area contributed by atoms with Crippen molar-refractivity contribution in [3.63, 3.8) is 0 Å². The van der Waals surface area contributed by atoms with Crippen LogP contribution in [0.4, 0.5) is 10.5 Å². The van der Waals surface area contributed by atoms with E-state index in [1.54, 1.807) is 6.92 Å². The summed E-state index contributed by atoms with van der Waals surface area (Å²) < 4.78 is 5.69. The predicted octanol–water partition coefficient (Wildman–Crippen LogP) is 2.37. The van der Waals surface area contributed by atoms with Crippen molar-refractivity contribution in [2.75, 3.05) is 18.0 Å². The fourth-order valence-corrected chi connectivity index (χ4v) is 3.05. The lowest BCUT2D eigenvalue weighted by atomic mass is 10.1. The second-order valence-corrected chi connectivity index (χ2v) is 5.98. The molecule has 0 bridgehead atoms. The molecule has 20 heavy (non-hydrogen) atoms. The molecule has 1 amide bonds. The molecule has 8 heteroatoms. The smallest absolute Gasteiger partial charge is 0.405 e. The van der Waals surface area contributed by atoms with Crippen molar-refractivity contribution >= 4 is 45.6 Å². The maximum Gasteiger partial charge on any atom is 0.405 e. The Kier molecular flexibility index (Phi) is 4.19. The summed E-state index contributed by atoms with van der Waals surface area (Å²) >= 11 is 9.31. The van der Waals surface area contributed by atoms with Gasteiger partial charge >= 0.3 is 6.09 Å². The maximum absolute atomic E-state index is 11.2. The number of primary amides is 1. The van der Waals surface area contributed by atoms with E-state index >= 15 is 0 Å². The number of carbonyl (C=O) groups is 2. The molecule has 1 aliphatic rings. The van der Waals surface area contributed by atoms with E-state index in [1.807, 2.05) is 4.90 Å². The molecule has 2 heterocycles. The number of aldehydes is 1. The van der Waals surface area contributed by atoms with Crippen molar-refractivity contribution in [1.82, 2.24) is 4.98 Å². The molecule has 108 valence electrons. The van der Waals surface area contributed by atoms with Crippen LogP contribution in [0.25, 0.3) is 0 Å². The minimum Gasteiger partial charge on any atom is -0.441 e. The average molecular weight is 363 g/mol. The molecular weight excluding hydrogens is 350 g/mol. The monoisotopic (exact) mass is 361 g/mol. The number of nitrogens with two attached hydrogens (primary N) is 1. The van der Waals surface area contributed by atoms with Crippen LogP contribution in [0.1, 0.15) is 23.7 Å². The van der Waals surface area contributed by atoms with Crippen LogP contribution in [0, 0.1) is 0 Å². The van der Waals surface area contributed by atoms with Gasteiger partial charge in [-0.05, 0) is 22.9 Å². The van der Waals surface area contributed by atoms with Crippen molar-refractivity contribution in [1.29, 1.82) is 0 Å². The van der Waals surface area contributed by atoms with E-state index in [2.05, 4.69) is 20.9 Å². The van der Waals surface area contributed by atoms with Gasteiger partial charge in [0.2, 0.25) is 0 Å². The summed E-state index contributed by atoms with van der Waals surface area (Å²) in [5, 5.41) is 0.273. The first-order valence-electron chi connectivity index (χ1n) is 5.89. The number of ether oxygens (including phenoxy) is 1. The fourth-order valence-electron chi connectivity index (χ4n) is 2.33. The van der Waals surface area contributed by atoms with E-state index in [0.717, 1.165) is 0 Å². The van der Waals surface area contributed by atoms with Gasteiger partial charge in [-0.3, -0.25) is 4.79 Å². The zero-order valence-electron chi connectivity index (χ0n) is 10.7. The van der Waals surface area contributed by atoms with Gasteiger partial charge in [0.15, 0.2) is 6.29 Å². The molecule has 1 saturated heterocycles. The number of amides is 1. The molecule has 0 aromatic carbocycles. The van der Waals surface area contributed by atoms with Crippen molar-refractivity contribution in [2.45, 2.75) is 18.9 Å². The molecule has 1 aromatic heterocycles. The summed E-state index contributed by atoms with van der Waals surface area (Å²) in [5.74, 6) is 0. The van der Waals surface area contributed by atoms with Crippen molar-refractivity contribution in [3.05, 3.63) is 21.4 Å². The molecule has 2 rings (SSSR count). The molecule has 1 aliphatic heterocycles. The Morgan fingerprint density at radius 2 is 2.40 bits per heavy atom. The first-order valence-corrected chi connectivity index (χ1v) is 7.06. The van der Waals surface area contributed by atoms with Crippen LogP contribution in [-0.4, -0.2) is 36.1 Å². The van der Waals surface area contributed by atoms with Gasteiger partial charge in [-0.15, -0.1) is 0 Å². The van der Waals surface area contributed by atoms with Gasteiger partial charge in [0.25, 0.3) is 0 Å². The average Bonchev–Trinajstić information content (AvgIpc) is 2.73. The SMILES string of the molecule is C[C@]1(OC(N)=O)CCN(c2c(C=O)cnc(Cl)c2Br)C1. The van der Waals surface area contributed by atoms with Crippen molar-refractivity contribution in [3.8, 4) is 0 Å². The number of rotatable bonds is 3. The van der Waals surface area contributed by atoms with Crippen LogP contribution in [0.15, 0.2) is 10.7 Å². The third-order valence-electron chi connectivity index (χ3n) is 3.21. The molecule has 0 radical (unpaired) electrons. The molecular formula is C12H13BrClN3O3. The van der Waals surface area contributed by atoms with E-state index in [4.69, 9.17) is 22.1 Å². The highest BCUT2D eigenvalue weighted by Crippen LogP contribution is 2.38. The normalized spacial score (nSPS) is 21.9. The molecule has 0 aliphatic carbocycles. The molecule has 0 spiro atoms. The van der Waals surface area contributed by atoms with Gasteiger partial charge in [-0.1, -0.05) is 11.6 Å². The summed E-state index contributed by atoms with van der Waals surface area (Å²) in [7, 11) is 0. The third kappa shape index (κ3) is 2.88. The van der Waals surface area contributed by atoms with Crippen molar-refractivity contribution < 1.29 is 14.3 Å². The fraction of sp³-hybridized carbons (Fsp3) is 0.417. The van der Waals surface area contributed by atoms with E-state index in [9.17, 15) is 9.59 Å². The predicted molar refractivity (Wildman–Crippen MR) is 78.2 cm³/mol. The number of nitrogens with zero attached hydrogens (tertiary/aromatic N) is 2. The van der Waals surface area contributed by atoms with Crippen LogP contribution >= 0.6 is 27.5 Å².